The van der Waals surface area contributed by atoms with Crippen molar-refractivity contribution < 1.29 is 9.90 Å². The van der Waals surface area contributed by atoms with E-state index >= 15 is 0 Å². The van der Waals surface area contributed by atoms with Crippen molar-refractivity contribution in [2.24, 2.45) is 56.7 Å². The Labute approximate surface area is 227 Å². The molecule has 36 heavy (non-hydrogen) atoms. The molecule has 206 valence electrons. The summed E-state index contributed by atoms with van der Waals surface area (Å²) in [6, 6.07) is -0.253. The molecule has 2 unspecified atom stereocenters. The van der Waals surface area contributed by atoms with Gasteiger partial charge in [0, 0.05) is 17.1 Å². The van der Waals surface area contributed by atoms with Gasteiger partial charge >= 0.3 is 0 Å². The molecule has 0 spiro atoms. The maximum Gasteiger partial charge on any atom is 0.217 e. The zero-order valence-corrected chi connectivity index (χ0v) is 25.6. The summed E-state index contributed by atoms with van der Waals surface area (Å²) in [6.07, 6.45) is 10.6. The summed E-state index contributed by atoms with van der Waals surface area (Å²) in [5.74, 6) is 3.79. The zero-order chi connectivity index (χ0) is 26.7. The minimum absolute atomic E-state index is 0.0533. The van der Waals surface area contributed by atoms with E-state index in [1.54, 1.807) is 6.92 Å². The van der Waals surface area contributed by atoms with Gasteiger partial charge in [-0.2, -0.15) is 12.6 Å². The molecule has 2 N–H and O–H groups in total. The lowest BCUT2D eigenvalue weighted by Gasteiger charge is -2.76. The Bertz CT molecular complexity index is 920. The minimum Gasteiger partial charge on any atom is -0.391 e. The second-order valence-corrected chi connectivity index (χ2v) is 16.8. The number of rotatable bonds is 1. The number of aliphatic hydroxyl groups is 1. The molecule has 0 radical (unpaired) electrons. The molecule has 0 aromatic heterocycles. The average Bonchev–Trinajstić information content (AvgIpc) is 2.78. The van der Waals surface area contributed by atoms with E-state index in [9.17, 15) is 9.90 Å². The SMILES string of the molecule is CC(=O)NC1C(O)C[C@]2(C)[C@H]3CC[C@@H]4[C@@H]5[C@@H](C)[C@H](C)CC[C@]5(C)CC[C@@]4(C)[C@]3(C)CC[C@@]2(S)C1(C)C. The highest BCUT2D eigenvalue weighted by Gasteiger charge is 2.74. The lowest BCUT2D eigenvalue weighted by atomic mass is 9.31. The smallest absolute Gasteiger partial charge is 0.217 e. The highest BCUT2D eigenvalue weighted by Crippen LogP contribution is 2.78. The van der Waals surface area contributed by atoms with E-state index in [0.717, 1.165) is 36.5 Å². The first-order valence-corrected chi connectivity index (χ1v) is 15.6. The molecule has 0 bridgehead atoms. The van der Waals surface area contributed by atoms with E-state index < -0.39 is 6.10 Å². The van der Waals surface area contributed by atoms with Gasteiger partial charge in [-0.1, -0.05) is 55.4 Å². The van der Waals surface area contributed by atoms with E-state index in [2.05, 4.69) is 60.7 Å². The fourth-order valence-electron chi connectivity index (χ4n) is 12.2. The van der Waals surface area contributed by atoms with Gasteiger partial charge in [0.15, 0.2) is 0 Å². The molecule has 5 rings (SSSR count). The van der Waals surface area contributed by atoms with E-state index in [4.69, 9.17) is 12.6 Å². The van der Waals surface area contributed by atoms with Gasteiger partial charge in [-0.15, -0.1) is 0 Å². The van der Waals surface area contributed by atoms with E-state index in [1.807, 2.05) is 0 Å². The molecular formula is C32H55NO2S. The second-order valence-electron chi connectivity index (χ2n) is 16.1. The fourth-order valence-corrected chi connectivity index (χ4v) is 12.7. The van der Waals surface area contributed by atoms with E-state index in [0.29, 0.717) is 16.7 Å². The number of carbonyl (C=O) groups excluding carboxylic acids is 1. The number of hydrogen-bond donors (Lipinski definition) is 3. The van der Waals surface area contributed by atoms with Crippen molar-refractivity contribution in [2.75, 3.05) is 0 Å². The van der Waals surface area contributed by atoms with Crippen LogP contribution in [-0.2, 0) is 4.79 Å². The van der Waals surface area contributed by atoms with Gasteiger partial charge in [-0.05, 0) is 109 Å². The van der Waals surface area contributed by atoms with Crippen LogP contribution >= 0.6 is 12.6 Å². The first-order valence-electron chi connectivity index (χ1n) is 15.2. The van der Waals surface area contributed by atoms with Crippen molar-refractivity contribution in [1.82, 2.24) is 5.32 Å². The Morgan fingerprint density at radius 2 is 1.50 bits per heavy atom. The van der Waals surface area contributed by atoms with Crippen molar-refractivity contribution in [3.8, 4) is 0 Å². The summed E-state index contributed by atoms with van der Waals surface area (Å²) in [7, 11) is 0. The third-order valence-electron chi connectivity index (χ3n) is 14.7. The number of aliphatic hydroxyl groups excluding tert-OH is 1. The molecule has 5 fully saturated rings. The maximum atomic E-state index is 12.1. The third-order valence-corrected chi connectivity index (χ3v) is 16.0. The molecule has 12 atom stereocenters. The first kappa shape index (κ1) is 27.4. The standard InChI is InChI=1S/C32H55NO2S/c1-19-12-13-28(6)14-15-29(7)22(25(28)20(19)2)10-11-24-30(29,8)16-17-32(36)27(4,5)26(33-21(3)34)23(35)18-31(24,32)9/h19-20,22-26,35-36H,10-18H2,1-9H3,(H,33,34)/t19-,20+,22-,23?,24+,25+,26?,28-,29-,30-,31-,32-/m1/s1. The Balaban J connectivity index is 1.55. The molecule has 4 heteroatoms. The first-order chi connectivity index (χ1) is 16.5. The molecule has 0 aromatic carbocycles. The number of thiol groups is 1. The van der Waals surface area contributed by atoms with Gasteiger partial charge in [0.1, 0.15) is 0 Å². The summed E-state index contributed by atoms with van der Waals surface area (Å²) in [5.41, 5.74) is 0.745. The molecule has 3 nitrogen and oxygen atoms in total. The quantitative estimate of drug-likeness (QED) is 0.320. The number of amides is 1. The van der Waals surface area contributed by atoms with Gasteiger partial charge in [-0.3, -0.25) is 4.79 Å². The van der Waals surface area contributed by atoms with E-state index in [1.165, 1.54) is 44.9 Å². The van der Waals surface area contributed by atoms with Crippen LogP contribution in [0.25, 0.3) is 0 Å². The fraction of sp³-hybridized carbons (Fsp3) is 0.969. The predicted molar refractivity (Wildman–Crippen MR) is 152 cm³/mol. The molecule has 0 heterocycles. The molecule has 5 saturated carbocycles. The lowest BCUT2D eigenvalue weighted by Crippen LogP contribution is -2.76. The molecule has 0 aliphatic heterocycles. The Morgan fingerprint density at radius 1 is 0.861 bits per heavy atom. The Hall–Kier alpha value is -0.220. The maximum absolute atomic E-state index is 12.1. The van der Waals surface area contributed by atoms with Crippen molar-refractivity contribution in [3.05, 3.63) is 0 Å². The summed E-state index contributed by atoms with van der Waals surface area (Å²) >= 11 is 5.62. The van der Waals surface area contributed by atoms with Crippen molar-refractivity contribution in [3.63, 3.8) is 0 Å². The Kier molecular flexibility index (Phi) is 6.19. The van der Waals surface area contributed by atoms with Crippen LogP contribution in [0.3, 0.4) is 0 Å². The van der Waals surface area contributed by atoms with Gasteiger partial charge < -0.3 is 10.4 Å². The highest BCUT2D eigenvalue weighted by molar-refractivity contribution is 7.82. The molecule has 1 amide bonds. The topological polar surface area (TPSA) is 49.3 Å². The van der Waals surface area contributed by atoms with Crippen LogP contribution < -0.4 is 5.32 Å². The molecule has 5 aliphatic rings. The summed E-state index contributed by atoms with van der Waals surface area (Å²) < 4.78 is -0.227. The summed E-state index contributed by atoms with van der Waals surface area (Å²) in [5, 5.41) is 14.7. The number of nitrogens with one attached hydrogen (secondary N) is 1. The molecule has 0 aromatic rings. The largest absolute Gasteiger partial charge is 0.391 e. The monoisotopic (exact) mass is 517 g/mol. The van der Waals surface area contributed by atoms with Gasteiger partial charge in [-0.25, -0.2) is 0 Å². The average molecular weight is 518 g/mol. The zero-order valence-electron chi connectivity index (χ0n) is 24.7. The van der Waals surface area contributed by atoms with Gasteiger partial charge in [0.25, 0.3) is 0 Å². The van der Waals surface area contributed by atoms with Crippen LogP contribution in [0.2, 0.25) is 0 Å². The molecule has 0 saturated heterocycles. The number of fused-ring (bicyclic) bond motifs is 7. The van der Waals surface area contributed by atoms with Crippen LogP contribution in [-0.4, -0.2) is 27.9 Å². The highest BCUT2D eigenvalue weighted by atomic mass is 32.1. The van der Waals surface area contributed by atoms with Crippen molar-refractivity contribution in [1.29, 1.82) is 0 Å². The summed E-state index contributed by atoms with van der Waals surface area (Å²) in [6.45, 7) is 21.6. The molecule has 5 aliphatic carbocycles. The second kappa shape index (κ2) is 8.15. The van der Waals surface area contributed by atoms with E-state index in [-0.39, 0.29) is 32.9 Å². The van der Waals surface area contributed by atoms with Crippen LogP contribution in [0.4, 0.5) is 0 Å². The van der Waals surface area contributed by atoms with Crippen LogP contribution in [0, 0.1) is 56.7 Å². The van der Waals surface area contributed by atoms with Crippen LogP contribution in [0.15, 0.2) is 0 Å². The number of hydrogen-bond acceptors (Lipinski definition) is 3. The van der Waals surface area contributed by atoms with Crippen molar-refractivity contribution in [2.45, 2.75) is 137 Å². The van der Waals surface area contributed by atoms with Crippen LogP contribution in [0.1, 0.15) is 120 Å². The normalized spacial score (nSPS) is 58.0. The Morgan fingerprint density at radius 3 is 2.14 bits per heavy atom. The summed E-state index contributed by atoms with van der Waals surface area (Å²) in [4.78, 5) is 12.1. The predicted octanol–water partition coefficient (Wildman–Crippen LogP) is 7.27. The van der Waals surface area contributed by atoms with Crippen molar-refractivity contribution >= 4 is 18.5 Å². The lowest BCUT2D eigenvalue weighted by molar-refractivity contribution is -0.249. The minimum atomic E-state index is -0.532. The van der Waals surface area contributed by atoms with Gasteiger partial charge in [0.05, 0.1) is 12.1 Å². The van der Waals surface area contributed by atoms with Crippen LogP contribution in [0.5, 0.6) is 0 Å². The molecular weight excluding hydrogens is 462 g/mol. The van der Waals surface area contributed by atoms with Gasteiger partial charge in [0.2, 0.25) is 5.91 Å². The third kappa shape index (κ3) is 3.18. The number of carbonyl (C=O) groups is 1.